The summed E-state index contributed by atoms with van der Waals surface area (Å²) in [5.41, 5.74) is 0. The van der Waals surface area contributed by atoms with Crippen LogP contribution in [0.1, 0.15) is 39.5 Å². The number of rotatable bonds is 5. The number of hydrogen-bond acceptors (Lipinski definition) is 3. The Balaban J connectivity index is 2.39. The van der Waals surface area contributed by atoms with Crippen LogP contribution in [0.3, 0.4) is 0 Å². The van der Waals surface area contributed by atoms with Gasteiger partial charge in [0, 0.05) is 25.7 Å². The van der Waals surface area contributed by atoms with Crippen molar-refractivity contribution in [2.45, 2.75) is 51.6 Å². The minimum Gasteiger partial charge on any atom is -0.341 e. The molecule has 4 heteroatoms. The Morgan fingerprint density at radius 2 is 1.72 bits per heavy atom. The molecule has 1 rings (SSSR count). The molecular formula is C14H29N3O. The maximum atomic E-state index is 12.3. The minimum absolute atomic E-state index is 0.0713. The Kier molecular flexibility index (Phi) is 6.65. The summed E-state index contributed by atoms with van der Waals surface area (Å²) >= 11 is 0. The number of nitrogens with one attached hydrogen (secondary N) is 1. The molecular weight excluding hydrogens is 226 g/mol. The fraction of sp³-hybridized carbons (Fsp3) is 0.929. The van der Waals surface area contributed by atoms with Gasteiger partial charge in [-0.05, 0) is 40.8 Å². The van der Waals surface area contributed by atoms with Gasteiger partial charge in [-0.25, -0.2) is 0 Å². The van der Waals surface area contributed by atoms with E-state index >= 15 is 0 Å². The van der Waals surface area contributed by atoms with Crippen LogP contribution in [0.25, 0.3) is 0 Å². The summed E-state index contributed by atoms with van der Waals surface area (Å²) in [6.45, 7) is 6.95. The van der Waals surface area contributed by atoms with Gasteiger partial charge in [-0.2, -0.15) is 0 Å². The second-order valence-electron chi connectivity index (χ2n) is 5.79. The van der Waals surface area contributed by atoms with E-state index in [4.69, 9.17) is 0 Å². The summed E-state index contributed by atoms with van der Waals surface area (Å²) in [7, 11) is 4.11. The molecule has 1 fully saturated rings. The molecule has 0 aromatic rings. The smallest absolute Gasteiger partial charge is 0.239 e. The van der Waals surface area contributed by atoms with E-state index in [-0.39, 0.29) is 11.9 Å². The molecule has 1 amide bonds. The van der Waals surface area contributed by atoms with Crippen molar-refractivity contribution in [1.82, 2.24) is 15.1 Å². The first kappa shape index (κ1) is 15.4. The van der Waals surface area contributed by atoms with E-state index in [9.17, 15) is 4.79 Å². The zero-order valence-corrected chi connectivity index (χ0v) is 12.4. The fourth-order valence-electron chi connectivity index (χ4n) is 2.66. The predicted molar refractivity (Wildman–Crippen MR) is 75.7 cm³/mol. The molecule has 1 aliphatic heterocycles. The molecule has 0 aromatic carbocycles. The molecule has 0 spiro atoms. The SMILES string of the molecule is CC(CN(C)C)NC(C)C(=O)N1CCCCCC1. The van der Waals surface area contributed by atoms with Gasteiger partial charge < -0.3 is 15.1 Å². The molecule has 2 atom stereocenters. The van der Waals surface area contributed by atoms with Gasteiger partial charge in [0.25, 0.3) is 0 Å². The monoisotopic (exact) mass is 255 g/mol. The Morgan fingerprint density at radius 1 is 1.17 bits per heavy atom. The normalized spacial score (nSPS) is 20.6. The summed E-state index contributed by atoms with van der Waals surface area (Å²) < 4.78 is 0. The molecule has 1 aliphatic rings. The molecule has 0 radical (unpaired) electrons. The van der Waals surface area contributed by atoms with E-state index < -0.39 is 0 Å². The molecule has 0 aromatic heterocycles. The molecule has 18 heavy (non-hydrogen) atoms. The topological polar surface area (TPSA) is 35.6 Å². The van der Waals surface area contributed by atoms with Crippen molar-refractivity contribution in [3.63, 3.8) is 0 Å². The number of hydrogen-bond donors (Lipinski definition) is 1. The summed E-state index contributed by atoms with van der Waals surface area (Å²) in [6, 6.07) is 0.268. The molecule has 0 saturated carbocycles. The van der Waals surface area contributed by atoms with Gasteiger partial charge in [0.2, 0.25) is 5.91 Å². The van der Waals surface area contributed by atoms with E-state index in [1.54, 1.807) is 0 Å². The van der Waals surface area contributed by atoms with E-state index in [1.807, 2.05) is 11.8 Å². The number of likely N-dealkylation sites (N-methyl/N-ethyl adjacent to an activating group) is 1. The average Bonchev–Trinajstić information content (AvgIpc) is 2.55. The number of amides is 1. The quantitative estimate of drug-likeness (QED) is 0.805. The summed E-state index contributed by atoms with van der Waals surface area (Å²) in [5, 5.41) is 3.40. The third kappa shape index (κ3) is 5.36. The van der Waals surface area contributed by atoms with Crippen molar-refractivity contribution in [2.75, 3.05) is 33.7 Å². The molecule has 106 valence electrons. The third-order valence-electron chi connectivity index (χ3n) is 3.46. The van der Waals surface area contributed by atoms with Crippen LogP contribution in [-0.2, 0) is 4.79 Å². The van der Waals surface area contributed by atoms with Gasteiger partial charge in [0.1, 0.15) is 0 Å². The summed E-state index contributed by atoms with van der Waals surface area (Å²) in [6.07, 6.45) is 4.85. The van der Waals surface area contributed by atoms with E-state index in [2.05, 4.69) is 31.2 Å². The molecule has 4 nitrogen and oxygen atoms in total. The Labute approximate surface area is 112 Å². The number of nitrogens with zero attached hydrogens (tertiary/aromatic N) is 2. The Morgan fingerprint density at radius 3 is 2.22 bits per heavy atom. The standard InChI is InChI=1S/C14H29N3O/c1-12(11-16(3)4)15-13(2)14(18)17-9-7-5-6-8-10-17/h12-13,15H,5-11H2,1-4H3. The first-order chi connectivity index (χ1) is 8.50. The lowest BCUT2D eigenvalue weighted by atomic mass is 10.2. The van der Waals surface area contributed by atoms with E-state index in [1.165, 1.54) is 12.8 Å². The highest BCUT2D eigenvalue weighted by atomic mass is 16.2. The van der Waals surface area contributed by atoms with Gasteiger partial charge in [-0.3, -0.25) is 4.79 Å². The number of carbonyl (C=O) groups excluding carboxylic acids is 1. The van der Waals surface area contributed by atoms with Crippen LogP contribution >= 0.6 is 0 Å². The second-order valence-corrected chi connectivity index (χ2v) is 5.79. The lowest BCUT2D eigenvalue weighted by Gasteiger charge is -2.27. The van der Waals surface area contributed by atoms with Crippen molar-refractivity contribution in [3.05, 3.63) is 0 Å². The predicted octanol–water partition coefficient (Wildman–Crippen LogP) is 1.32. The van der Waals surface area contributed by atoms with Gasteiger partial charge >= 0.3 is 0 Å². The third-order valence-corrected chi connectivity index (χ3v) is 3.46. The molecule has 0 aliphatic carbocycles. The van der Waals surface area contributed by atoms with Crippen LogP contribution in [0, 0.1) is 0 Å². The first-order valence-electron chi connectivity index (χ1n) is 7.20. The highest BCUT2D eigenvalue weighted by molar-refractivity contribution is 5.81. The number of likely N-dealkylation sites (tertiary alicyclic amines) is 1. The molecule has 1 heterocycles. The molecule has 1 saturated heterocycles. The highest BCUT2D eigenvalue weighted by Gasteiger charge is 2.22. The van der Waals surface area contributed by atoms with Crippen molar-refractivity contribution in [2.24, 2.45) is 0 Å². The van der Waals surface area contributed by atoms with Crippen molar-refractivity contribution < 1.29 is 4.79 Å². The maximum Gasteiger partial charge on any atom is 0.239 e. The Hall–Kier alpha value is -0.610. The van der Waals surface area contributed by atoms with Crippen LogP contribution in [-0.4, -0.2) is 61.5 Å². The zero-order valence-electron chi connectivity index (χ0n) is 12.4. The molecule has 2 unspecified atom stereocenters. The van der Waals surface area contributed by atoms with Crippen LogP contribution in [0.4, 0.5) is 0 Å². The lowest BCUT2D eigenvalue weighted by Crippen LogP contribution is -2.50. The van der Waals surface area contributed by atoms with Gasteiger partial charge in [0.15, 0.2) is 0 Å². The minimum atomic E-state index is -0.0713. The van der Waals surface area contributed by atoms with Crippen molar-refractivity contribution in [3.8, 4) is 0 Å². The van der Waals surface area contributed by atoms with Gasteiger partial charge in [-0.1, -0.05) is 12.8 Å². The summed E-state index contributed by atoms with van der Waals surface area (Å²) in [5.74, 6) is 0.266. The fourth-order valence-corrected chi connectivity index (χ4v) is 2.66. The molecule has 0 bridgehead atoms. The van der Waals surface area contributed by atoms with Crippen molar-refractivity contribution >= 4 is 5.91 Å². The molecule has 1 N–H and O–H groups in total. The first-order valence-corrected chi connectivity index (χ1v) is 7.20. The maximum absolute atomic E-state index is 12.3. The average molecular weight is 255 g/mol. The lowest BCUT2D eigenvalue weighted by molar-refractivity contribution is -0.133. The van der Waals surface area contributed by atoms with Crippen LogP contribution in [0.15, 0.2) is 0 Å². The highest BCUT2D eigenvalue weighted by Crippen LogP contribution is 2.10. The zero-order chi connectivity index (χ0) is 13.5. The second kappa shape index (κ2) is 7.74. The van der Waals surface area contributed by atoms with E-state index in [0.717, 1.165) is 32.5 Å². The Bertz CT molecular complexity index is 247. The van der Waals surface area contributed by atoms with E-state index in [0.29, 0.717) is 6.04 Å². The summed E-state index contributed by atoms with van der Waals surface area (Å²) in [4.78, 5) is 16.5. The largest absolute Gasteiger partial charge is 0.341 e. The van der Waals surface area contributed by atoms with Crippen molar-refractivity contribution in [1.29, 1.82) is 0 Å². The number of carbonyl (C=O) groups is 1. The van der Waals surface area contributed by atoms with Gasteiger partial charge in [0.05, 0.1) is 6.04 Å². The van der Waals surface area contributed by atoms with Crippen LogP contribution < -0.4 is 5.32 Å². The van der Waals surface area contributed by atoms with Crippen LogP contribution in [0.5, 0.6) is 0 Å². The van der Waals surface area contributed by atoms with Gasteiger partial charge in [-0.15, -0.1) is 0 Å². The van der Waals surface area contributed by atoms with Crippen LogP contribution in [0.2, 0.25) is 0 Å².